The number of aliphatic imine (C=N–C) groups is 1. The van der Waals surface area contributed by atoms with E-state index in [-0.39, 0.29) is 0 Å². The number of allylic oxidation sites excluding steroid dienone is 1. The molecule has 0 unspecified atom stereocenters. The van der Waals surface area contributed by atoms with Gasteiger partial charge in [-0.2, -0.15) is 0 Å². The molecule has 0 aromatic heterocycles. The van der Waals surface area contributed by atoms with Crippen LogP contribution in [0.2, 0.25) is 0 Å². The van der Waals surface area contributed by atoms with Crippen LogP contribution in [0, 0.1) is 0 Å². The third-order valence-electron chi connectivity index (χ3n) is 2.26. The van der Waals surface area contributed by atoms with Crippen molar-refractivity contribution in [1.82, 2.24) is 4.90 Å². The molecule has 3 nitrogen and oxygen atoms in total. The lowest BCUT2D eigenvalue weighted by Crippen LogP contribution is -2.32. The molecule has 0 radical (unpaired) electrons. The molecule has 1 aliphatic heterocycles. The third kappa shape index (κ3) is 3.91. The van der Waals surface area contributed by atoms with Gasteiger partial charge in [0.05, 0.1) is 10.5 Å². The Bertz CT molecular complexity index is 205. The summed E-state index contributed by atoms with van der Waals surface area (Å²) in [6.45, 7) is 2.29. The van der Waals surface area contributed by atoms with E-state index in [9.17, 15) is 0 Å². The summed E-state index contributed by atoms with van der Waals surface area (Å²) in [4.78, 5) is 6.77. The Hall–Kier alpha value is -0.350. The van der Waals surface area contributed by atoms with E-state index in [0.717, 1.165) is 30.4 Å². The van der Waals surface area contributed by atoms with Crippen LogP contribution in [0.3, 0.4) is 0 Å². The molecule has 0 aromatic rings. The lowest BCUT2D eigenvalue weighted by Gasteiger charge is -2.26. The van der Waals surface area contributed by atoms with E-state index in [0.29, 0.717) is 6.04 Å². The molecule has 1 fully saturated rings. The largest absolute Gasteiger partial charge is 0.404 e. The maximum absolute atomic E-state index is 5.30. The number of hydrogen-bond donors (Lipinski definition) is 1. The van der Waals surface area contributed by atoms with E-state index >= 15 is 0 Å². The van der Waals surface area contributed by atoms with Crippen LogP contribution in [0.25, 0.3) is 0 Å². The van der Waals surface area contributed by atoms with Crippen LogP contribution < -0.4 is 5.73 Å². The summed E-state index contributed by atoms with van der Waals surface area (Å²) in [7, 11) is 2.15. The monoisotopic (exact) mass is 245 g/mol. The van der Waals surface area contributed by atoms with Gasteiger partial charge in [-0.25, -0.2) is 0 Å². The molecule has 0 amide bonds. The molecule has 0 aliphatic carbocycles. The molecule has 1 heterocycles. The number of nitrogens with two attached hydrogens (primary N) is 1. The van der Waals surface area contributed by atoms with E-state index < -0.39 is 0 Å². The summed E-state index contributed by atoms with van der Waals surface area (Å²) in [6.07, 6.45) is 5.62. The quantitative estimate of drug-likeness (QED) is 0.747. The molecule has 4 heteroatoms. The summed E-state index contributed by atoms with van der Waals surface area (Å²) >= 11 is 3.29. The van der Waals surface area contributed by atoms with Gasteiger partial charge in [0.15, 0.2) is 0 Å². The SMILES string of the molecule is CN1CCC(N=CC(Br)=CN)CC1. The van der Waals surface area contributed by atoms with Crippen molar-refractivity contribution in [1.29, 1.82) is 0 Å². The van der Waals surface area contributed by atoms with Crippen LogP contribution >= 0.6 is 15.9 Å². The Balaban J connectivity index is 2.34. The third-order valence-corrected chi connectivity index (χ3v) is 2.73. The maximum Gasteiger partial charge on any atom is 0.0524 e. The van der Waals surface area contributed by atoms with Gasteiger partial charge < -0.3 is 10.6 Å². The number of rotatable bonds is 2. The predicted octanol–water partition coefficient (Wildman–Crippen LogP) is 1.35. The number of likely N-dealkylation sites (tertiary alicyclic amines) is 1. The van der Waals surface area contributed by atoms with Crippen molar-refractivity contribution in [2.24, 2.45) is 10.7 Å². The van der Waals surface area contributed by atoms with Crippen molar-refractivity contribution in [3.63, 3.8) is 0 Å². The van der Waals surface area contributed by atoms with Crippen molar-refractivity contribution in [3.8, 4) is 0 Å². The van der Waals surface area contributed by atoms with Gasteiger partial charge in [0.2, 0.25) is 0 Å². The first kappa shape index (κ1) is 10.7. The van der Waals surface area contributed by atoms with E-state index in [1.54, 1.807) is 6.21 Å². The minimum atomic E-state index is 0.476. The molecule has 0 atom stereocenters. The van der Waals surface area contributed by atoms with Crippen LogP contribution in [0.15, 0.2) is 15.7 Å². The average Bonchev–Trinajstić information content (AvgIpc) is 2.16. The van der Waals surface area contributed by atoms with Crippen LogP contribution in [-0.4, -0.2) is 37.3 Å². The topological polar surface area (TPSA) is 41.6 Å². The minimum Gasteiger partial charge on any atom is -0.404 e. The smallest absolute Gasteiger partial charge is 0.0524 e. The van der Waals surface area contributed by atoms with Gasteiger partial charge in [0.25, 0.3) is 0 Å². The Kier molecular flexibility index (Phi) is 4.45. The highest BCUT2D eigenvalue weighted by Gasteiger charge is 2.14. The maximum atomic E-state index is 5.30. The summed E-state index contributed by atoms with van der Waals surface area (Å²) in [6, 6.07) is 0.476. The van der Waals surface area contributed by atoms with Crippen LogP contribution in [0.1, 0.15) is 12.8 Å². The zero-order valence-electron chi connectivity index (χ0n) is 7.91. The highest BCUT2D eigenvalue weighted by molar-refractivity contribution is 9.12. The van der Waals surface area contributed by atoms with E-state index in [4.69, 9.17) is 5.73 Å². The second-order valence-electron chi connectivity index (χ2n) is 3.36. The molecule has 0 saturated carbocycles. The number of halogens is 1. The fourth-order valence-corrected chi connectivity index (χ4v) is 1.48. The molecule has 1 rings (SSSR count). The second kappa shape index (κ2) is 5.40. The molecule has 0 bridgehead atoms. The van der Waals surface area contributed by atoms with E-state index in [2.05, 4.69) is 32.9 Å². The summed E-state index contributed by atoms with van der Waals surface area (Å²) in [5.41, 5.74) is 5.30. The summed E-state index contributed by atoms with van der Waals surface area (Å²) < 4.78 is 0.853. The fourth-order valence-electron chi connectivity index (χ4n) is 1.36. The Labute approximate surface area is 87.8 Å². The number of piperidine rings is 1. The minimum absolute atomic E-state index is 0.476. The average molecular weight is 246 g/mol. The number of nitrogens with zero attached hydrogens (tertiary/aromatic N) is 2. The van der Waals surface area contributed by atoms with Crippen molar-refractivity contribution in [2.75, 3.05) is 20.1 Å². The van der Waals surface area contributed by atoms with Crippen LogP contribution in [0.4, 0.5) is 0 Å². The first-order chi connectivity index (χ1) is 6.22. The highest BCUT2D eigenvalue weighted by atomic mass is 79.9. The molecular formula is C9H16BrN3. The Morgan fingerprint density at radius 2 is 2.15 bits per heavy atom. The first-order valence-corrected chi connectivity index (χ1v) is 5.31. The van der Waals surface area contributed by atoms with Crippen molar-refractivity contribution in [2.45, 2.75) is 18.9 Å². The standard InChI is InChI=1S/C9H16BrN3/c1-13-4-2-9(3-5-13)12-7-8(10)6-11/h6-7,9H,2-5,11H2,1H3. The van der Waals surface area contributed by atoms with Gasteiger partial charge in [0.1, 0.15) is 0 Å². The highest BCUT2D eigenvalue weighted by Crippen LogP contribution is 2.12. The van der Waals surface area contributed by atoms with E-state index in [1.807, 2.05) is 0 Å². The fraction of sp³-hybridized carbons (Fsp3) is 0.667. The lowest BCUT2D eigenvalue weighted by molar-refractivity contribution is 0.257. The molecule has 2 N–H and O–H groups in total. The van der Waals surface area contributed by atoms with Gasteiger partial charge in [-0.15, -0.1) is 0 Å². The zero-order valence-corrected chi connectivity index (χ0v) is 9.50. The lowest BCUT2D eigenvalue weighted by atomic mass is 10.1. The first-order valence-electron chi connectivity index (χ1n) is 4.51. The normalized spacial score (nSPS) is 22.8. The van der Waals surface area contributed by atoms with Gasteiger partial charge >= 0.3 is 0 Å². The second-order valence-corrected chi connectivity index (χ2v) is 4.28. The van der Waals surface area contributed by atoms with Crippen LogP contribution in [-0.2, 0) is 0 Å². The molecule has 0 spiro atoms. The Morgan fingerprint density at radius 3 is 2.69 bits per heavy atom. The molecular weight excluding hydrogens is 230 g/mol. The van der Waals surface area contributed by atoms with Gasteiger partial charge in [-0.1, -0.05) is 0 Å². The molecule has 74 valence electrons. The summed E-state index contributed by atoms with van der Waals surface area (Å²) in [5, 5.41) is 0. The zero-order chi connectivity index (χ0) is 9.68. The van der Waals surface area contributed by atoms with Crippen molar-refractivity contribution < 1.29 is 0 Å². The molecule has 0 aromatic carbocycles. The van der Waals surface area contributed by atoms with Gasteiger partial charge in [-0.3, -0.25) is 4.99 Å². The predicted molar refractivity (Wildman–Crippen MR) is 60.2 cm³/mol. The molecule has 1 aliphatic rings. The molecule has 13 heavy (non-hydrogen) atoms. The van der Waals surface area contributed by atoms with E-state index in [1.165, 1.54) is 6.20 Å². The summed E-state index contributed by atoms with van der Waals surface area (Å²) in [5.74, 6) is 0. The molecule has 1 saturated heterocycles. The van der Waals surface area contributed by atoms with Gasteiger partial charge in [-0.05, 0) is 48.9 Å². The van der Waals surface area contributed by atoms with Crippen molar-refractivity contribution >= 4 is 22.1 Å². The Morgan fingerprint density at radius 1 is 1.54 bits per heavy atom. The number of hydrogen-bond acceptors (Lipinski definition) is 3. The van der Waals surface area contributed by atoms with Crippen molar-refractivity contribution in [3.05, 3.63) is 10.7 Å². The van der Waals surface area contributed by atoms with Gasteiger partial charge in [0, 0.05) is 12.4 Å². The van der Waals surface area contributed by atoms with Crippen LogP contribution in [0.5, 0.6) is 0 Å².